The highest BCUT2D eigenvalue weighted by molar-refractivity contribution is 7.89. The molecule has 0 amide bonds. The van der Waals surface area contributed by atoms with Crippen molar-refractivity contribution in [2.75, 3.05) is 0 Å². The van der Waals surface area contributed by atoms with Crippen LogP contribution in [-0.4, -0.2) is 19.4 Å². The molecular formula is C14H15N3O2S. The van der Waals surface area contributed by atoms with Crippen molar-refractivity contribution in [3.05, 3.63) is 36.7 Å². The quantitative estimate of drug-likeness (QED) is 0.914. The van der Waals surface area contributed by atoms with Crippen LogP contribution in [0.2, 0.25) is 0 Å². The Morgan fingerprint density at radius 3 is 2.90 bits per heavy atom. The molecular weight excluding hydrogens is 274 g/mol. The molecule has 0 saturated heterocycles. The zero-order valence-corrected chi connectivity index (χ0v) is 11.9. The van der Waals surface area contributed by atoms with Crippen molar-refractivity contribution in [2.24, 2.45) is 0 Å². The van der Waals surface area contributed by atoms with Gasteiger partial charge in [-0.3, -0.25) is 4.98 Å². The van der Waals surface area contributed by atoms with Crippen molar-refractivity contribution in [2.45, 2.75) is 30.7 Å². The molecule has 2 rings (SSSR count). The minimum Gasteiger partial charge on any atom is -0.264 e. The highest BCUT2D eigenvalue weighted by Gasteiger charge is 2.20. The molecule has 1 atom stereocenters. The van der Waals surface area contributed by atoms with Crippen LogP contribution in [0.5, 0.6) is 0 Å². The lowest BCUT2D eigenvalue weighted by Crippen LogP contribution is -2.34. The summed E-state index contributed by atoms with van der Waals surface area (Å²) < 4.78 is 27.5. The van der Waals surface area contributed by atoms with Gasteiger partial charge in [0.2, 0.25) is 10.0 Å². The third-order valence-electron chi connectivity index (χ3n) is 3.08. The maximum atomic E-state index is 12.4. The molecule has 20 heavy (non-hydrogen) atoms. The number of nitriles is 1. The van der Waals surface area contributed by atoms with E-state index in [0.29, 0.717) is 11.8 Å². The minimum absolute atomic E-state index is 0.155. The Hall–Kier alpha value is -1.97. The van der Waals surface area contributed by atoms with Gasteiger partial charge >= 0.3 is 0 Å². The average molecular weight is 289 g/mol. The SMILES string of the molecule is CCC(CC#N)NS(=O)(=O)c1cccc2cnccc12. The van der Waals surface area contributed by atoms with E-state index in [9.17, 15) is 8.42 Å². The van der Waals surface area contributed by atoms with Gasteiger partial charge in [0, 0.05) is 29.2 Å². The number of nitrogens with zero attached hydrogens (tertiary/aromatic N) is 2. The molecule has 0 aliphatic heterocycles. The van der Waals surface area contributed by atoms with Gasteiger partial charge in [-0.1, -0.05) is 19.1 Å². The minimum atomic E-state index is -3.65. The number of aromatic nitrogens is 1. The molecule has 0 aliphatic carbocycles. The van der Waals surface area contributed by atoms with Crippen molar-refractivity contribution in [3.63, 3.8) is 0 Å². The van der Waals surface area contributed by atoms with Crippen LogP contribution in [0.15, 0.2) is 41.6 Å². The van der Waals surface area contributed by atoms with Gasteiger partial charge in [0.05, 0.1) is 17.4 Å². The van der Waals surface area contributed by atoms with Gasteiger partial charge in [-0.25, -0.2) is 13.1 Å². The summed E-state index contributed by atoms with van der Waals surface area (Å²) >= 11 is 0. The van der Waals surface area contributed by atoms with Gasteiger partial charge in [-0.2, -0.15) is 5.26 Å². The molecule has 104 valence electrons. The molecule has 0 spiro atoms. The second kappa shape index (κ2) is 5.99. The molecule has 0 bridgehead atoms. The van der Waals surface area contributed by atoms with E-state index in [1.165, 1.54) is 0 Å². The first-order chi connectivity index (χ1) is 9.58. The molecule has 1 heterocycles. The summed E-state index contributed by atoms with van der Waals surface area (Å²) in [6.07, 6.45) is 3.91. The van der Waals surface area contributed by atoms with Crippen molar-refractivity contribution < 1.29 is 8.42 Å². The second-order valence-electron chi connectivity index (χ2n) is 4.44. The van der Waals surface area contributed by atoms with Crippen molar-refractivity contribution in [3.8, 4) is 6.07 Å². The number of sulfonamides is 1. The van der Waals surface area contributed by atoms with Gasteiger partial charge < -0.3 is 0 Å². The monoisotopic (exact) mass is 289 g/mol. The van der Waals surface area contributed by atoms with Gasteiger partial charge in [0.25, 0.3) is 0 Å². The maximum absolute atomic E-state index is 12.4. The Kier molecular flexibility index (Phi) is 4.32. The fourth-order valence-electron chi connectivity index (χ4n) is 1.99. The Labute approximate surface area is 118 Å². The molecule has 1 N–H and O–H groups in total. The van der Waals surface area contributed by atoms with E-state index >= 15 is 0 Å². The van der Waals surface area contributed by atoms with Crippen LogP contribution < -0.4 is 4.72 Å². The number of hydrogen-bond donors (Lipinski definition) is 1. The molecule has 1 aromatic heterocycles. The van der Waals surface area contributed by atoms with Crippen LogP contribution in [0.4, 0.5) is 0 Å². The molecule has 1 unspecified atom stereocenters. The van der Waals surface area contributed by atoms with E-state index in [1.807, 2.05) is 19.1 Å². The summed E-state index contributed by atoms with van der Waals surface area (Å²) in [4.78, 5) is 4.20. The second-order valence-corrected chi connectivity index (χ2v) is 6.12. The fraction of sp³-hybridized carbons (Fsp3) is 0.286. The third-order valence-corrected chi connectivity index (χ3v) is 4.66. The summed E-state index contributed by atoms with van der Waals surface area (Å²) in [5.41, 5.74) is 0. The summed E-state index contributed by atoms with van der Waals surface area (Å²) in [5, 5.41) is 10.1. The van der Waals surface area contributed by atoms with E-state index < -0.39 is 10.0 Å². The first-order valence-corrected chi connectivity index (χ1v) is 7.79. The molecule has 2 aromatic rings. The molecule has 0 aliphatic rings. The predicted octanol–water partition coefficient (Wildman–Crippen LogP) is 2.21. The van der Waals surface area contributed by atoms with E-state index in [-0.39, 0.29) is 17.4 Å². The van der Waals surface area contributed by atoms with E-state index in [1.54, 1.807) is 30.6 Å². The first kappa shape index (κ1) is 14.4. The maximum Gasteiger partial charge on any atom is 0.241 e. The third kappa shape index (κ3) is 2.95. The predicted molar refractivity (Wildman–Crippen MR) is 76.4 cm³/mol. The topological polar surface area (TPSA) is 82.9 Å². The zero-order valence-electron chi connectivity index (χ0n) is 11.1. The molecule has 6 heteroatoms. The number of rotatable bonds is 5. The zero-order chi connectivity index (χ0) is 14.6. The lowest BCUT2D eigenvalue weighted by Gasteiger charge is -2.15. The van der Waals surface area contributed by atoms with Crippen LogP contribution >= 0.6 is 0 Å². The standard InChI is InChI=1S/C14H15N3O2S/c1-2-12(6-8-15)17-20(18,19)14-5-3-4-11-10-16-9-7-13(11)14/h3-5,7,9-10,12,17H,2,6H2,1H3. The first-order valence-electron chi connectivity index (χ1n) is 6.30. The smallest absolute Gasteiger partial charge is 0.241 e. The van der Waals surface area contributed by atoms with E-state index in [4.69, 9.17) is 5.26 Å². The van der Waals surface area contributed by atoms with E-state index in [0.717, 1.165) is 5.39 Å². The fourth-order valence-corrected chi connectivity index (χ4v) is 3.54. The largest absolute Gasteiger partial charge is 0.264 e. The summed E-state index contributed by atoms with van der Waals surface area (Å²) in [7, 11) is -3.65. The van der Waals surface area contributed by atoms with Crippen LogP contribution in [0.3, 0.4) is 0 Å². The average Bonchev–Trinajstić information content (AvgIpc) is 2.46. The molecule has 5 nitrogen and oxygen atoms in total. The van der Waals surface area contributed by atoms with Gasteiger partial charge in [-0.05, 0) is 18.6 Å². The molecule has 0 fully saturated rings. The normalized spacial score (nSPS) is 13.0. The Morgan fingerprint density at radius 2 is 2.20 bits per heavy atom. The molecule has 1 aromatic carbocycles. The Bertz CT molecular complexity index is 745. The van der Waals surface area contributed by atoms with Gasteiger partial charge in [-0.15, -0.1) is 0 Å². The summed E-state index contributed by atoms with van der Waals surface area (Å²) in [6.45, 7) is 1.84. The summed E-state index contributed by atoms with van der Waals surface area (Å²) in [6, 6.07) is 8.35. The molecule has 0 saturated carbocycles. The number of benzene rings is 1. The van der Waals surface area contributed by atoms with Crippen LogP contribution in [0, 0.1) is 11.3 Å². The molecule has 0 radical (unpaired) electrons. The Balaban J connectivity index is 2.45. The van der Waals surface area contributed by atoms with E-state index in [2.05, 4.69) is 9.71 Å². The lowest BCUT2D eigenvalue weighted by atomic mass is 10.2. The number of pyridine rings is 1. The van der Waals surface area contributed by atoms with Gasteiger partial charge in [0.1, 0.15) is 0 Å². The number of hydrogen-bond acceptors (Lipinski definition) is 4. The Morgan fingerprint density at radius 1 is 1.40 bits per heavy atom. The van der Waals surface area contributed by atoms with Crippen molar-refractivity contribution >= 4 is 20.8 Å². The lowest BCUT2D eigenvalue weighted by molar-refractivity contribution is 0.544. The van der Waals surface area contributed by atoms with Crippen LogP contribution in [0.25, 0.3) is 10.8 Å². The highest BCUT2D eigenvalue weighted by atomic mass is 32.2. The van der Waals surface area contributed by atoms with Crippen LogP contribution in [0.1, 0.15) is 19.8 Å². The highest BCUT2D eigenvalue weighted by Crippen LogP contribution is 2.22. The van der Waals surface area contributed by atoms with Crippen LogP contribution in [-0.2, 0) is 10.0 Å². The summed E-state index contributed by atoms with van der Waals surface area (Å²) in [5.74, 6) is 0. The van der Waals surface area contributed by atoms with Crippen molar-refractivity contribution in [1.29, 1.82) is 5.26 Å². The van der Waals surface area contributed by atoms with Gasteiger partial charge in [0.15, 0.2) is 0 Å². The number of nitrogens with one attached hydrogen (secondary N) is 1. The number of fused-ring (bicyclic) bond motifs is 1. The van der Waals surface area contributed by atoms with Crippen molar-refractivity contribution in [1.82, 2.24) is 9.71 Å².